The molecule has 0 fully saturated rings. The van der Waals surface area contributed by atoms with Crippen LogP contribution in [-0.4, -0.2) is 11.1 Å². The van der Waals surface area contributed by atoms with Crippen LogP contribution in [0.2, 0.25) is 0 Å². The van der Waals surface area contributed by atoms with Crippen LogP contribution in [0.4, 0.5) is 5.69 Å². The summed E-state index contributed by atoms with van der Waals surface area (Å²) < 4.78 is 5.52. The van der Waals surface area contributed by atoms with Crippen molar-refractivity contribution in [3.05, 3.63) is 66.4 Å². The number of furan rings is 1. The highest BCUT2D eigenvalue weighted by Gasteiger charge is 2.24. The van der Waals surface area contributed by atoms with Crippen molar-refractivity contribution in [3.8, 4) is 22.5 Å². The minimum atomic E-state index is -1.17. The predicted molar refractivity (Wildman–Crippen MR) is 81.0 cm³/mol. The predicted octanol–water partition coefficient (Wildman–Crippen LogP) is 3.89. The van der Waals surface area contributed by atoms with Crippen molar-refractivity contribution < 1.29 is 14.3 Å². The molecule has 3 N–H and O–H groups in total. The molecule has 21 heavy (non-hydrogen) atoms. The van der Waals surface area contributed by atoms with Gasteiger partial charge in [-0.15, -0.1) is 0 Å². The van der Waals surface area contributed by atoms with Crippen LogP contribution in [0.1, 0.15) is 10.6 Å². The van der Waals surface area contributed by atoms with Crippen LogP contribution in [0.5, 0.6) is 0 Å². The van der Waals surface area contributed by atoms with Gasteiger partial charge in [-0.2, -0.15) is 0 Å². The minimum Gasteiger partial charge on any atom is -0.475 e. The molecule has 0 spiro atoms. The lowest BCUT2D eigenvalue weighted by molar-refractivity contribution is 0.0665. The zero-order valence-electron chi connectivity index (χ0n) is 11.1. The van der Waals surface area contributed by atoms with Crippen LogP contribution < -0.4 is 5.73 Å². The Bertz CT molecular complexity index is 777. The highest BCUT2D eigenvalue weighted by molar-refractivity contribution is 6.00. The van der Waals surface area contributed by atoms with Gasteiger partial charge < -0.3 is 15.3 Å². The van der Waals surface area contributed by atoms with Crippen LogP contribution in [0, 0.1) is 0 Å². The Kier molecular flexibility index (Phi) is 3.20. The first-order chi connectivity index (χ1) is 10.2. The van der Waals surface area contributed by atoms with Gasteiger partial charge in [-0.25, -0.2) is 4.79 Å². The molecule has 0 unspecified atom stereocenters. The van der Waals surface area contributed by atoms with Crippen molar-refractivity contribution in [2.45, 2.75) is 0 Å². The molecule has 104 valence electrons. The number of hydrogen-bond acceptors (Lipinski definition) is 3. The largest absolute Gasteiger partial charge is 0.475 e. The van der Waals surface area contributed by atoms with Crippen molar-refractivity contribution in [1.82, 2.24) is 0 Å². The number of anilines is 1. The molecule has 4 heteroatoms. The molecule has 0 atom stereocenters. The number of nitrogens with two attached hydrogens (primary N) is 1. The van der Waals surface area contributed by atoms with Crippen molar-refractivity contribution in [3.63, 3.8) is 0 Å². The fourth-order valence-electron chi connectivity index (χ4n) is 2.29. The summed E-state index contributed by atoms with van der Waals surface area (Å²) in [6, 6.07) is 18.7. The molecule has 1 heterocycles. The summed E-state index contributed by atoms with van der Waals surface area (Å²) in [6.45, 7) is 0. The Balaban J connectivity index is 2.29. The van der Waals surface area contributed by atoms with Gasteiger partial charge in [-0.1, -0.05) is 60.7 Å². The first kappa shape index (κ1) is 13.0. The molecule has 0 saturated carbocycles. The van der Waals surface area contributed by atoms with E-state index in [0.29, 0.717) is 11.3 Å². The molecular formula is C17H13NO3. The van der Waals surface area contributed by atoms with Crippen molar-refractivity contribution >= 4 is 11.7 Å². The number of carbonyl (C=O) groups is 1. The Hall–Kier alpha value is -3.01. The molecule has 4 nitrogen and oxygen atoms in total. The highest BCUT2D eigenvalue weighted by atomic mass is 16.4. The monoisotopic (exact) mass is 279 g/mol. The van der Waals surface area contributed by atoms with E-state index in [1.165, 1.54) is 0 Å². The van der Waals surface area contributed by atoms with Crippen LogP contribution in [-0.2, 0) is 0 Å². The Morgan fingerprint density at radius 1 is 0.905 bits per heavy atom. The Labute approximate surface area is 121 Å². The molecule has 2 aromatic carbocycles. The van der Waals surface area contributed by atoms with Gasteiger partial charge in [0.2, 0.25) is 5.76 Å². The van der Waals surface area contributed by atoms with Crippen LogP contribution in [0.3, 0.4) is 0 Å². The van der Waals surface area contributed by atoms with Gasteiger partial charge in [0.25, 0.3) is 0 Å². The second kappa shape index (κ2) is 5.17. The second-order valence-electron chi connectivity index (χ2n) is 4.59. The van der Waals surface area contributed by atoms with E-state index in [1.54, 1.807) is 0 Å². The Morgan fingerprint density at radius 2 is 1.43 bits per heavy atom. The second-order valence-corrected chi connectivity index (χ2v) is 4.59. The molecule has 0 saturated heterocycles. The maximum Gasteiger partial charge on any atom is 0.374 e. The lowest BCUT2D eigenvalue weighted by atomic mass is 10.0. The van der Waals surface area contributed by atoms with Crippen molar-refractivity contribution in [2.75, 3.05) is 5.73 Å². The van der Waals surface area contributed by atoms with Gasteiger partial charge in [-0.3, -0.25) is 0 Å². The fraction of sp³-hybridized carbons (Fsp3) is 0. The van der Waals surface area contributed by atoms with Gasteiger partial charge in [0.1, 0.15) is 5.76 Å². The summed E-state index contributed by atoms with van der Waals surface area (Å²) in [7, 11) is 0. The molecule has 0 aliphatic heterocycles. The van der Waals surface area contributed by atoms with E-state index in [-0.39, 0.29) is 11.4 Å². The third-order valence-corrected chi connectivity index (χ3v) is 3.24. The van der Waals surface area contributed by atoms with Gasteiger partial charge in [0.05, 0.1) is 11.3 Å². The van der Waals surface area contributed by atoms with Gasteiger partial charge in [0, 0.05) is 5.56 Å². The number of benzene rings is 2. The highest BCUT2D eigenvalue weighted by Crippen LogP contribution is 2.40. The maximum absolute atomic E-state index is 11.3. The number of hydrogen-bond donors (Lipinski definition) is 2. The first-order valence-electron chi connectivity index (χ1n) is 6.45. The van der Waals surface area contributed by atoms with Gasteiger partial charge in [0.15, 0.2) is 0 Å². The first-order valence-corrected chi connectivity index (χ1v) is 6.45. The molecule has 0 aliphatic rings. The maximum atomic E-state index is 11.3. The minimum absolute atomic E-state index is 0.146. The van der Waals surface area contributed by atoms with E-state index >= 15 is 0 Å². The lowest BCUT2D eigenvalue weighted by Crippen LogP contribution is -1.99. The molecule has 0 radical (unpaired) electrons. The van der Waals surface area contributed by atoms with Crippen LogP contribution >= 0.6 is 0 Å². The zero-order chi connectivity index (χ0) is 14.8. The molecule has 1 aromatic heterocycles. The normalized spacial score (nSPS) is 10.5. The fourth-order valence-corrected chi connectivity index (χ4v) is 2.29. The summed E-state index contributed by atoms with van der Waals surface area (Å²) in [5.41, 5.74) is 8.37. The third kappa shape index (κ3) is 2.27. The standard InChI is InChI=1S/C17H13NO3/c18-14-13(11-7-3-1-4-8-11)15(21-16(14)17(19)20)12-9-5-2-6-10-12/h1-10H,18H2,(H,19,20). The summed E-state index contributed by atoms with van der Waals surface area (Å²) in [6.07, 6.45) is 0. The van der Waals surface area contributed by atoms with E-state index in [2.05, 4.69) is 0 Å². The number of nitrogen functional groups attached to an aromatic ring is 1. The van der Waals surface area contributed by atoms with E-state index in [4.69, 9.17) is 10.2 Å². The van der Waals surface area contributed by atoms with E-state index < -0.39 is 5.97 Å². The number of carboxylic acid groups (broad SMARTS) is 1. The van der Waals surface area contributed by atoms with Gasteiger partial charge in [-0.05, 0) is 5.56 Å². The van der Waals surface area contributed by atoms with Crippen molar-refractivity contribution in [2.24, 2.45) is 0 Å². The molecular weight excluding hydrogens is 266 g/mol. The molecule has 0 aliphatic carbocycles. The smallest absolute Gasteiger partial charge is 0.374 e. The van der Waals surface area contributed by atoms with Crippen molar-refractivity contribution in [1.29, 1.82) is 0 Å². The molecule has 0 bridgehead atoms. The molecule has 3 aromatic rings. The summed E-state index contributed by atoms with van der Waals surface area (Å²) in [4.78, 5) is 11.3. The number of aromatic carboxylic acids is 1. The number of carboxylic acids is 1. The summed E-state index contributed by atoms with van der Waals surface area (Å²) in [5, 5.41) is 9.22. The average molecular weight is 279 g/mol. The quantitative estimate of drug-likeness (QED) is 0.762. The number of rotatable bonds is 3. The molecule has 3 rings (SSSR count). The van der Waals surface area contributed by atoms with E-state index in [9.17, 15) is 9.90 Å². The van der Waals surface area contributed by atoms with E-state index in [0.717, 1.165) is 11.1 Å². The average Bonchev–Trinajstić information content (AvgIpc) is 2.87. The third-order valence-electron chi connectivity index (χ3n) is 3.24. The summed E-state index contributed by atoms with van der Waals surface area (Å²) >= 11 is 0. The van der Waals surface area contributed by atoms with Crippen LogP contribution in [0.25, 0.3) is 22.5 Å². The summed E-state index contributed by atoms with van der Waals surface area (Å²) in [5.74, 6) is -0.934. The SMILES string of the molecule is Nc1c(C(=O)O)oc(-c2ccccc2)c1-c1ccccc1. The lowest BCUT2D eigenvalue weighted by Gasteiger charge is -2.03. The zero-order valence-corrected chi connectivity index (χ0v) is 11.1. The van der Waals surface area contributed by atoms with Gasteiger partial charge >= 0.3 is 5.97 Å². The Morgan fingerprint density at radius 3 is 1.95 bits per heavy atom. The van der Waals surface area contributed by atoms with Crippen LogP contribution in [0.15, 0.2) is 65.1 Å². The topological polar surface area (TPSA) is 76.5 Å². The van der Waals surface area contributed by atoms with E-state index in [1.807, 2.05) is 60.7 Å². The molecule has 0 amide bonds.